The van der Waals surface area contributed by atoms with Crippen molar-refractivity contribution in [3.8, 4) is 0 Å². The molecule has 1 fully saturated rings. The molecule has 0 unspecified atom stereocenters. The van der Waals surface area contributed by atoms with E-state index in [4.69, 9.17) is 17.4 Å². The highest BCUT2D eigenvalue weighted by Gasteiger charge is 2.17. The van der Waals surface area contributed by atoms with Gasteiger partial charge in [0, 0.05) is 18.0 Å². The van der Waals surface area contributed by atoms with Crippen LogP contribution in [0.25, 0.3) is 0 Å². The second-order valence-corrected chi connectivity index (χ2v) is 8.32. The maximum absolute atomic E-state index is 12.1. The van der Waals surface area contributed by atoms with Crippen molar-refractivity contribution in [2.75, 3.05) is 11.6 Å². The third-order valence-electron chi connectivity index (χ3n) is 5.00. The Hall–Kier alpha value is -1.73. The van der Waals surface area contributed by atoms with Crippen LogP contribution in [0.1, 0.15) is 49.9 Å². The Morgan fingerprint density at radius 1 is 1.26 bits per heavy atom. The van der Waals surface area contributed by atoms with E-state index in [1.54, 1.807) is 0 Å². The van der Waals surface area contributed by atoms with Crippen LogP contribution in [-0.4, -0.2) is 26.5 Å². The number of rotatable bonds is 8. The van der Waals surface area contributed by atoms with E-state index in [0.717, 1.165) is 30.1 Å². The Kier molecular flexibility index (Phi) is 7.41. The lowest BCUT2D eigenvalue weighted by atomic mass is 9.86. The van der Waals surface area contributed by atoms with E-state index in [2.05, 4.69) is 15.5 Å². The molecule has 0 spiro atoms. The summed E-state index contributed by atoms with van der Waals surface area (Å²) in [6.45, 7) is 0.404. The van der Waals surface area contributed by atoms with Crippen LogP contribution in [0.5, 0.6) is 0 Å². The summed E-state index contributed by atoms with van der Waals surface area (Å²) in [4.78, 5) is 12.1. The average Bonchev–Trinajstić information content (AvgIpc) is 3.04. The van der Waals surface area contributed by atoms with Crippen LogP contribution >= 0.6 is 23.4 Å². The predicted molar refractivity (Wildman–Crippen MR) is 109 cm³/mol. The first-order chi connectivity index (χ1) is 13.1. The number of nitrogen functional groups attached to an aromatic ring is 1. The number of carbonyl (C=O) groups excluding carboxylic acids is 1. The summed E-state index contributed by atoms with van der Waals surface area (Å²) in [6.07, 6.45) is 8.61. The molecule has 8 heteroatoms. The van der Waals surface area contributed by atoms with E-state index in [0.29, 0.717) is 16.7 Å². The molecular weight excluding hydrogens is 382 g/mol. The van der Waals surface area contributed by atoms with Crippen molar-refractivity contribution in [1.82, 2.24) is 20.2 Å². The molecule has 1 aromatic heterocycles. The molecule has 3 N–H and O–H groups in total. The molecule has 146 valence electrons. The third-order valence-corrected chi connectivity index (χ3v) is 6.31. The molecule has 2 aromatic rings. The van der Waals surface area contributed by atoms with Gasteiger partial charge in [-0.25, -0.2) is 4.68 Å². The van der Waals surface area contributed by atoms with Crippen LogP contribution in [0, 0.1) is 5.92 Å². The molecule has 0 aliphatic heterocycles. The lowest BCUT2D eigenvalue weighted by molar-refractivity contribution is -0.118. The number of amides is 1. The largest absolute Gasteiger partial charge is 0.351 e. The SMILES string of the molecule is Nn1c(CCC2CCCCC2)nnc1SCC(=O)NCc1ccccc1Cl. The fraction of sp³-hybridized carbons (Fsp3) is 0.526. The second kappa shape index (κ2) is 9.99. The number of halogens is 1. The lowest BCUT2D eigenvalue weighted by Crippen LogP contribution is -2.25. The maximum Gasteiger partial charge on any atom is 0.230 e. The molecule has 1 aromatic carbocycles. The van der Waals surface area contributed by atoms with Gasteiger partial charge in [0.05, 0.1) is 5.75 Å². The van der Waals surface area contributed by atoms with Gasteiger partial charge in [0.2, 0.25) is 11.1 Å². The Morgan fingerprint density at radius 3 is 2.81 bits per heavy atom. The van der Waals surface area contributed by atoms with E-state index in [-0.39, 0.29) is 11.7 Å². The third kappa shape index (κ3) is 5.87. The number of carbonyl (C=O) groups is 1. The fourth-order valence-electron chi connectivity index (χ4n) is 3.40. The van der Waals surface area contributed by atoms with E-state index < -0.39 is 0 Å². The van der Waals surface area contributed by atoms with Gasteiger partial charge in [0.25, 0.3) is 0 Å². The first-order valence-corrected chi connectivity index (χ1v) is 10.8. The molecule has 0 bridgehead atoms. The van der Waals surface area contributed by atoms with Gasteiger partial charge in [0.1, 0.15) is 0 Å². The topological polar surface area (TPSA) is 85.8 Å². The summed E-state index contributed by atoms with van der Waals surface area (Å²) in [5.74, 6) is 7.83. The highest BCUT2D eigenvalue weighted by molar-refractivity contribution is 7.99. The molecule has 6 nitrogen and oxygen atoms in total. The fourth-order valence-corrected chi connectivity index (χ4v) is 4.31. The van der Waals surface area contributed by atoms with Crippen LogP contribution in [0.15, 0.2) is 29.4 Å². The van der Waals surface area contributed by atoms with Gasteiger partial charge in [-0.15, -0.1) is 10.2 Å². The first-order valence-electron chi connectivity index (χ1n) is 9.45. The number of nitrogens with two attached hydrogens (primary N) is 1. The molecular formula is C19H26ClN5OS. The molecule has 0 radical (unpaired) electrons. The highest BCUT2D eigenvalue weighted by Crippen LogP contribution is 2.27. The molecule has 1 aliphatic carbocycles. The molecule has 1 saturated carbocycles. The van der Waals surface area contributed by atoms with Gasteiger partial charge in [-0.1, -0.05) is 73.7 Å². The van der Waals surface area contributed by atoms with E-state index in [1.807, 2.05) is 24.3 Å². The van der Waals surface area contributed by atoms with E-state index >= 15 is 0 Å². The molecule has 0 atom stereocenters. The van der Waals surface area contributed by atoms with Gasteiger partial charge < -0.3 is 11.2 Å². The summed E-state index contributed by atoms with van der Waals surface area (Å²) in [6, 6.07) is 7.46. The number of nitrogens with zero attached hydrogens (tertiary/aromatic N) is 3. The van der Waals surface area contributed by atoms with Crippen molar-refractivity contribution < 1.29 is 4.79 Å². The minimum atomic E-state index is -0.0910. The number of aryl methyl sites for hydroxylation is 1. The molecule has 1 heterocycles. The summed E-state index contributed by atoms with van der Waals surface area (Å²) < 4.78 is 1.52. The molecule has 27 heavy (non-hydrogen) atoms. The summed E-state index contributed by atoms with van der Waals surface area (Å²) >= 11 is 7.39. The normalized spacial score (nSPS) is 15.0. The number of hydrogen-bond acceptors (Lipinski definition) is 5. The van der Waals surface area contributed by atoms with Crippen LogP contribution in [0.2, 0.25) is 5.02 Å². The van der Waals surface area contributed by atoms with Gasteiger partial charge in [0.15, 0.2) is 5.82 Å². The molecule has 3 rings (SSSR count). The highest BCUT2D eigenvalue weighted by atomic mass is 35.5. The number of nitrogens with one attached hydrogen (secondary N) is 1. The zero-order chi connectivity index (χ0) is 19.1. The van der Waals surface area contributed by atoms with E-state index in [9.17, 15) is 4.79 Å². The zero-order valence-electron chi connectivity index (χ0n) is 15.4. The summed E-state index contributed by atoms with van der Waals surface area (Å²) in [5.41, 5.74) is 0.893. The van der Waals surface area contributed by atoms with Crippen molar-refractivity contribution in [2.45, 2.75) is 56.6 Å². The van der Waals surface area contributed by atoms with E-state index in [1.165, 1.54) is 48.5 Å². The lowest BCUT2D eigenvalue weighted by Gasteiger charge is -2.20. The summed E-state index contributed by atoms with van der Waals surface area (Å²) in [7, 11) is 0. The van der Waals surface area contributed by atoms with Gasteiger partial charge in [-0.3, -0.25) is 4.79 Å². The molecule has 1 aliphatic rings. The van der Waals surface area contributed by atoms with Crippen molar-refractivity contribution in [3.63, 3.8) is 0 Å². The first kappa shape index (κ1) is 20.0. The van der Waals surface area contributed by atoms with Gasteiger partial charge >= 0.3 is 0 Å². The average molecular weight is 408 g/mol. The monoisotopic (exact) mass is 407 g/mol. The van der Waals surface area contributed by atoms with Crippen LogP contribution in [-0.2, 0) is 17.8 Å². The van der Waals surface area contributed by atoms with Crippen molar-refractivity contribution in [3.05, 3.63) is 40.7 Å². The van der Waals surface area contributed by atoms with Crippen LogP contribution < -0.4 is 11.2 Å². The molecule has 1 amide bonds. The van der Waals surface area contributed by atoms with Crippen molar-refractivity contribution in [1.29, 1.82) is 0 Å². The number of hydrogen-bond donors (Lipinski definition) is 2. The Morgan fingerprint density at radius 2 is 2.04 bits per heavy atom. The van der Waals surface area contributed by atoms with Crippen molar-refractivity contribution >= 4 is 29.3 Å². The number of aromatic nitrogens is 3. The van der Waals surface area contributed by atoms with Crippen molar-refractivity contribution in [2.24, 2.45) is 5.92 Å². The second-order valence-electron chi connectivity index (χ2n) is 6.97. The Bertz CT molecular complexity index is 760. The quantitative estimate of drug-likeness (QED) is 0.516. The van der Waals surface area contributed by atoms with Crippen LogP contribution in [0.3, 0.4) is 0 Å². The number of benzene rings is 1. The Labute approximate surface area is 169 Å². The predicted octanol–water partition coefficient (Wildman–Crippen LogP) is 3.57. The van der Waals surface area contributed by atoms with Gasteiger partial charge in [-0.05, 0) is 24.0 Å². The minimum absolute atomic E-state index is 0.0910. The smallest absolute Gasteiger partial charge is 0.230 e. The van der Waals surface area contributed by atoms with Crippen LogP contribution in [0.4, 0.5) is 0 Å². The van der Waals surface area contributed by atoms with Gasteiger partial charge in [-0.2, -0.15) is 0 Å². The maximum atomic E-state index is 12.1. The zero-order valence-corrected chi connectivity index (χ0v) is 16.9. The Balaban J connectivity index is 1.43. The minimum Gasteiger partial charge on any atom is -0.351 e. The standard InChI is InChI=1S/C19H26ClN5OS/c20-16-9-5-4-8-15(16)12-22-18(26)13-27-19-24-23-17(25(19)21)11-10-14-6-2-1-3-7-14/h4-5,8-9,14H,1-3,6-7,10-13,21H2,(H,22,26). The number of thioether (sulfide) groups is 1. The molecule has 0 saturated heterocycles. The summed E-state index contributed by atoms with van der Waals surface area (Å²) in [5, 5.41) is 12.4.